The lowest BCUT2D eigenvalue weighted by Crippen LogP contribution is -2.57. The second-order valence-corrected chi connectivity index (χ2v) is 3.79. The molecule has 2 unspecified atom stereocenters. The molecule has 0 aromatic heterocycles. The zero-order valence-electron chi connectivity index (χ0n) is 8.88. The van der Waals surface area contributed by atoms with Crippen LogP contribution in [0.5, 0.6) is 0 Å². The SMILES string of the molecule is CC(CC(N)=O)NC(=O)C1CNCCN1. The average molecular weight is 214 g/mol. The van der Waals surface area contributed by atoms with Crippen molar-refractivity contribution in [2.75, 3.05) is 19.6 Å². The Hall–Kier alpha value is -1.14. The molecule has 0 aromatic rings. The van der Waals surface area contributed by atoms with E-state index in [0.29, 0.717) is 6.54 Å². The van der Waals surface area contributed by atoms with Crippen LogP contribution in [-0.2, 0) is 9.59 Å². The predicted octanol–water partition coefficient (Wildman–Crippen LogP) is -2.07. The van der Waals surface area contributed by atoms with Gasteiger partial charge >= 0.3 is 0 Å². The highest BCUT2D eigenvalue weighted by Gasteiger charge is 2.21. The van der Waals surface area contributed by atoms with Crippen LogP contribution in [0.2, 0.25) is 0 Å². The molecule has 2 amide bonds. The first-order chi connectivity index (χ1) is 7.09. The summed E-state index contributed by atoms with van der Waals surface area (Å²) in [6, 6.07) is -0.423. The van der Waals surface area contributed by atoms with Gasteiger partial charge in [-0.05, 0) is 6.92 Å². The summed E-state index contributed by atoms with van der Waals surface area (Å²) in [6.45, 7) is 4.04. The van der Waals surface area contributed by atoms with Crippen LogP contribution in [0.15, 0.2) is 0 Å². The van der Waals surface area contributed by atoms with Crippen molar-refractivity contribution in [3.05, 3.63) is 0 Å². The first-order valence-corrected chi connectivity index (χ1v) is 5.12. The van der Waals surface area contributed by atoms with Gasteiger partial charge in [0.05, 0.1) is 6.04 Å². The van der Waals surface area contributed by atoms with Crippen LogP contribution in [0.1, 0.15) is 13.3 Å². The van der Waals surface area contributed by atoms with E-state index in [-0.39, 0.29) is 24.4 Å². The number of amides is 2. The molecule has 1 saturated heterocycles. The van der Waals surface area contributed by atoms with Gasteiger partial charge in [-0.1, -0.05) is 0 Å². The number of carbonyl (C=O) groups is 2. The Morgan fingerprint density at radius 1 is 1.53 bits per heavy atom. The molecular formula is C9H18N4O2. The summed E-state index contributed by atoms with van der Waals surface area (Å²) in [7, 11) is 0. The number of hydrogen-bond donors (Lipinski definition) is 4. The largest absolute Gasteiger partial charge is 0.370 e. The van der Waals surface area contributed by atoms with Crippen LogP contribution >= 0.6 is 0 Å². The Morgan fingerprint density at radius 2 is 2.27 bits per heavy atom. The maximum absolute atomic E-state index is 11.6. The molecule has 1 aliphatic rings. The van der Waals surface area contributed by atoms with Crippen molar-refractivity contribution in [2.45, 2.75) is 25.4 Å². The number of nitrogens with two attached hydrogens (primary N) is 1. The van der Waals surface area contributed by atoms with Crippen molar-refractivity contribution in [2.24, 2.45) is 5.73 Å². The molecule has 0 bridgehead atoms. The summed E-state index contributed by atoms with van der Waals surface area (Å²) in [4.78, 5) is 22.2. The van der Waals surface area contributed by atoms with Crippen LogP contribution in [0.25, 0.3) is 0 Å². The fraction of sp³-hybridized carbons (Fsp3) is 0.778. The molecule has 2 atom stereocenters. The van der Waals surface area contributed by atoms with Crippen LogP contribution in [0.3, 0.4) is 0 Å². The Bertz CT molecular complexity index is 238. The molecule has 1 fully saturated rings. The molecule has 1 aliphatic heterocycles. The van der Waals surface area contributed by atoms with Crippen molar-refractivity contribution < 1.29 is 9.59 Å². The van der Waals surface area contributed by atoms with E-state index >= 15 is 0 Å². The Morgan fingerprint density at radius 3 is 2.80 bits per heavy atom. The average Bonchev–Trinajstić information content (AvgIpc) is 2.17. The topological polar surface area (TPSA) is 96.2 Å². The highest BCUT2D eigenvalue weighted by molar-refractivity contribution is 5.83. The fourth-order valence-corrected chi connectivity index (χ4v) is 1.54. The second-order valence-electron chi connectivity index (χ2n) is 3.79. The summed E-state index contributed by atoms with van der Waals surface area (Å²) in [6.07, 6.45) is 0.173. The monoisotopic (exact) mass is 214 g/mol. The minimum absolute atomic E-state index is 0.0871. The van der Waals surface area contributed by atoms with Crippen LogP contribution < -0.4 is 21.7 Å². The van der Waals surface area contributed by atoms with Gasteiger partial charge in [0.2, 0.25) is 11.8 Å². The Labute approximate surface area is 89.0 Å². The quantitative estimate of drug-likeness (QED) is 0.432. The number of rotatable bonds is 4. The molecule has 0 saturated carbocycles. The zero-order chi connectivity index (χ0) is 11.3. The van der Waals surface area contributed by atoms with Crippen LogP contribution in [0.4, 0.5) is 0 Å². The standard InChI is InChI=1S/C9H18N4O2/c1-6(4-8(10)14)13-9(15)7-5-11-2-3-12-7/h6-7,11-12H,2-5H2,1H3,(H2,10,14)(H,13,15). The lowest BCUT2D eigenvalue weighted by Gasteiger charge is -2.25. The number of nitrogens with one attached hydrogen (secondary N) is 3. The number of hydrogen-bond acceptors (Lipinski definition) is 4. The highest BCUT2D eigenvalue weighted by atomic mass is 16.2. The van der Waals surface area contributed by atoms with E-state index in [1.165, 1.54) is 0 Å². The number of primary amides is 1. The van der Waals surface area contributed by atoms with Crippen LogP contribution in [-0.4, -0.2) is 43.5 Å². The predicted molar refractivity (Wildman–Crippen MR) is 56.1 cm³/mol. The van der Waals surface area contributed by atoms with E-state index in [9.17, 15) is 9.59 Å². The van der Waals surface area contributed by atoms with Gasteiger partial charge in [0.1, 0.15) is 0 Å². The maximum atomic E-state index is 11.6. The summed E-state index contributed by atoms with van der Waals surface area (Å²) < 4.78 is 0. The van der Waals surface area contributed by atoms with E-state index in [1.807, 2.05) is 0 Å². The smallest absolute Gasteiger partial charge is 0.238 e. The first kappa shape index (κ1) is 11.9. The summed E-state index contributed by atoms with van der Waals surface area (Å²) in [5.74, 6) is -0.492. The molecule has 15 heavy (non-hydrogen) atoms. The van der Waals surface area contributed by atoms with E-state index < -0.39 is 5.91 Å². The summed E-state index contributed by atoms with van der Waals surface area (Å²) in [5.41, 5.74) is 5.03. The van der Waals surface area contributed by atoms with E-state index in [4.69, 9.17) is 5.73 Å². The van der Waals surface area contributed by atoms with Gasteiger partial charge in [-0.2, -0.15) is 0 Å². The molecule has 0 radical (unpaired) electrons. The van der Waals surface area contributed by atoms with Gasteiger partial charge in [0.25, 0.3) is 0 Å². The van der Waals surface area contributed by atoms with E-state index in [1.54, 1.807) is 6.92 Å². The first-order valence-electron chi connectivity index (χ1n) is 5.12. The molecule has 0 spiro atoms. The lowest BCUT2D eigenvalue weighted by atomic mass is 10.2. The summed E-state index contributed by atoms with van der Waals surface area (Å²) >= 11 is 0. The molecule has 5 N–H and O–H groups in total. The van der Waals surface area contributed by atoms with Gasteiger partial charge in [-0.15, -0.1) is 0 Å². The molecule has 6 heteroatoms. The van der Waals surface area contributed by atoms with Crippen LogP contribution in [0, 0.1) is 0 Å². The lowest BCUT2D eigenvalue weighted by molar-refractivity contribution is -0.124. The number of piperazine rings is 1. The molecule has 6 nitrogen and oxygen atoms in total. The van der Waals surface area contributed by atoms with Gasteiger partial charge in [-0.3, -0.25) is 9.59 Å². The zero-order valence-corrected chi connectivity index (χ0v) is 8.88. The third kappa shape index (κ3) is 4.26. The molecule has 0 aliphatic carbocycles. The normalized spacial score (nSPS) is 23.1. The minimum Gasteiger partial charge on any atom is -0.370 e. The second kappa shape index (κ2) is 5.67. The van der Waals surface area contributed by atoms with E-state index in [2.05, 4.69) is 16.0 Å². The number of carbonyl (C=O) groups excluding carboxylic acids is 2. The Kier molecular flexibility index (Phi) is 4.51. The van der Waals surface area contributed by atoms with Gasteiger partial charge in [-0.25, -0.2) is 0 Å². The molecule has 0 aromatic carbocycles. The van der Waals surface area contributed by atoms with Gasteiger partial charge < -0.3 is 21.7 Å². The molecule has 1 heterocycles. The van der Waals surface area contributed by atoms with E-state index in [0.717, 1.165) is 13.1 Å². The molecule has 86 valence electrons. The van der Waals surface area contributed by atoms with Crippen molar-refractivity contribution in [1.82, 2.24) is 16.0 Å². The molecular weight excluding hydrogens is 196 g/mol. The maximum Gasteiger partial charge on any atom is 0.238 e. The van der Waals surface area contributed by atoms with Gasteiger partial charge in [0.15, 0.2) is 0 Å². The van der Waals surface area contributed by atoms with Crippen molar-refractivity contribution in [3.63, 3.8) is 0 Å². The van der Waals surface area contributed by atoms with Crippen molar-refractivity contribution in [1.29, 1.82) is 0 Å². The fourth-order valence-electron chi connectivity index (χ4n) is 1.54. The van der Waals surface area contributed by atoms with Crippen molar-refractivity contribution in [3.8, 4) is 0 Å². The third-order valence-corrected chi connectivity index (χ3v) is 2.25. The third-order valence-electron chi connectivity index (χ3n) is 2.25. The van der Waals surface area contributed by atoms with Gasteiger partial charge in [0, 0.05) is 32.1 Å². The highest BCUT2D eigenvalue weighted by Crippen LogP contribution is 1.93. The minimum atomic E-state index is -0.405. The summed E-state index contributed by atoms with van der Waals surface area (Å²) in [5, 5.41) is 8.94. The van der Waals surface area contributed by atoms with Crippen molar-refractivity contribution >= 4 is 11.8 Å². The Balaban J connectivity index is 2.30. The molecule has 1 rings (SSSR count).